The highest BCUT2D eigenvalue weighted by molar-refractivity contribution is 9.10. The number of carbonyl (C=O) groups is 1. The van der Waals surface area contributed by atoms with Gasteiger partial charge in [0.2, 0.25) is 0 Å². The second-order valence-electron chi connectivity index (χ2n) is 6.92. The maximum absolute atomic E-state index is 12.9. The van der Waals surface area contributed by atoms with Crippen LogP contribution in [0.25, 0.3) is 5.57 Å². The summed E-state index contributed by atoms with van der Waals surface area (Å²) in [7, 11) is 0. The summed E-state index contributed by atoms with van der Waals surface area (Å²) in [6.07, 6.45) is 4.19. The number of carbonyl (C=O) groups excluding carboxylic acids is 1. The third kappa shape index (κ3) is 3.76. The van der Waals surface area contributed by atoms with E-state index in [9.17, 15) is 4.79 Å². The highest BCUT2D eigenvalue weighted by atomic mass is 79.9. The Bertz CT molecular complexity index is 815. The monoisotopic (exact) mass is 412 g/mol. The highest BCUT2D eigenvalue weighted by Gasteiger charge is 2.40. The molecule has 26 heavy (non-hydrogen) atoms. The van der Waals surface area contributed by atoms with Gasteiger partial charge in [0.25, 0.3) is 0 Å². The van der Waals surface area contributed by atoms with Gasteiger partial charge in [-0.3, -0.25) is 4.79 Å². The molecule has 2 aromatic rings. The van der Waals surface area contributed by atoms with Gasteiger partial charge in [-0.25, -0.2) is 0 Å². The number of Topliss-reactive ketones (excluding diaryl/α,β-unsaturated/α-hetero) is 1. The molecule has 0 spiro atoms. The van der Waals surface area contributed by atoms with Crippen LogP contribution in [-0.2, 0) is 20.9 Å². The van der Waals surface area contributed by atoms with Crippen molar-refractivity contribution in [1.82, 2.24) is 0 Å². The Morgan fingerprint density at radius 2 is 1.92 bits per heavy atom. The van der Waals surface area contributed by atoms with Gasteiger partial charge in [-0.2, -0.15) is 0 Å². The van der Waals surface area contributed by atoms with Crippen molar-refractivity contribution >= 4 is 27.3 Å². The number of fused-ring (bicyclic) bond motifs is 1. The first-order chi connectivity index (χ1) is 12.7. The lowest BCUT2D eigenvalue weighted by molar-refractivity contribution is -0.128. The van der Waals surface area contributed by atoms with Crippen LogP contribution in [0.1, 0.15) is 30.4 Å². The van der Waals surface area contributed by atoms with Crippen LogP contribution in [0.4, 0.5) is 0 Å². The molecule has 3 nitrogen and oxygen atoms in total. The van der Waals surface area contributed by atoms with Gasteiger partial charge in [-0.05, 0) is 36.1 Å². The number of halogens is 1. The average Bonchev–Trinajstić information content (AvgIpc) is 2.67. The largest absolute Gasteiger partial charge is 0.496 e. The normalized spacial score (nSPS) is 25.2. The van der Waals surface area contributed by atoms with Crippen LogP contribution < -0.4 is 0 Å². The standard InChI is InChI=1S/C22H21BrO3/c23-17-8-4-5-15(11-17)13-25-18-9-10-19-21(12-18)26-14-20(22(19)24)16-6-2-1-3-7-16/h1-8,11,14,18-19,21H,9-10,12-13H2. The molecule has 1 fully saturated rings. The molecule has 1 aliphatic carbocycles. The molecule has 134 valence electrons. The van der Waals surface area contributed by atoms with Crippen LogP contribution in [-0.4, -0.2) is 18.0 Å². The summed E-state index contributed by atoms with van der Waals surface area (Å²) in [6.45, 7) is 0.584. The maximum atomic E-state index is 12.9. The van der Waals surface area contributed by atoms with Gasteiger partial charge in [0.15, 0.2) is 5.78 Å². The fraction of sp³-hybridized carbons (Fsp3) is 0.318. The predicted octanol–water partition coefficient (Wildman–Crippen LogP) is 5.14. The molecular weight excluding hydrogens is 392 g/mol. The van der Waals surface area contributed by atoms with E-state index in [-0.39, 0.29) is 23.9 Å². The lowest BCUT2D eigenvalue weighted by Gasteiger charge is -2.37. The zero-order chi connectivity index (χ0) is 17.9. The Hall–Kier alpha value is -1.91. The van der Waals surface area contributed by atoms with Crippen molar-refractivity contribution in [3.05, 3.63) is 76.5 Å². The Morgan fingerprint density at radius 1 is 1.08 bits per heavy atom. The molecule has 0 saturated heterocycles. The Kier molecular flexibility index (Phi) is 5.23. The van der Waals surface area contributed by atoms with Crippen molar-refractivity contribution in [1.29, 1.82) is 0 Å². The number of rotatable bonds is 4. The van der Waals surface area contributed by atoms with E-state index >= 15 is 0 Å². The molecule has 1 saturated carbocycles. The van der Waals surface area contributed by atoms with Crippen molar-refractivity contribution in [2.75, 3.05) is 0 Å². The smallest absolute Gasteiger partial charge is 0.173 e. The van der Waals surface area contributed by atoms with Crippen molar-refractivity contribution in [3.8, 4) is 0 Å². The SMILES string of the molecule is O=C1C(c2ccccc2)=COC2CC(OCc3cccc(Br)c3)CCC12. The predicted molar refractivity (Wildman–Crippen MR) is 104 cm³/mol. The van der Waals surface area contributed by atoms with Crippen molar-refractivity contribution < 1.29 is 14.3 Å². The van der Waals surface area contributed by atoms with Crippen molar-refractivity contribution in [2.45, 2.75) is 38.1 Å². The fourth-order valence-electron chi connectivity index (χ4n) is 3.78. The van der Waals surface area contributed by atoms with Crippen LogP contribution in [0.2, 0.25) is 0 Å². The maximum Gasteiger partial charge on any atom is 0.173 e. The van der Waals surface area contributed by atoms with Gasteiger partial charge < -0.3 is 9.47 Å². The molecule has 0 amide bonds. The zero-order valence-corrected chi connectivity index (χ0v) is 16.0. The second kappa shape index (κ2) is 7.77. The molecule has 4 rings (SSSR count). The molecule has 0 bridgehead atoms. The molecule has 2 aliphatic rings. The minimum absolute atomic E-state index is 0.0547. The first kappa shape index (κ1) is 17.5. The van der Waals surface area contributed by atoms with E-state index in [1.165, 1.54) is 0 Å². The summed E-state index contributed by atoms with van der Waals surface area (Å²) < 4.78 is 13.1. The summed E-state index contributed by atoms with van der Waals surface area (Å²) in [6, 6.07) is 17.9. The van der Waals surface area contributed by atoms with E-state index in [0.29, 0.717) is 12.2 Å². The van der Waals surface area contributed by atoms with Gasteiger partial charge in [-0.15, -0.1) is 0 Å². The minimum Gasteiger partial charge on any atom is -0.496 e. The number of hydrogen-bond donors (Lipinski definition) is 0. The lowest BCUT2D eigenvalue weighted by atomic mass is 9.78. The first-order valence-electron chi connectivity index (χ1n) is 9.02. The van der Waals surface area contributed by atoms with Crippen LogP contribution in [0.3, 0.4) is 0 Å². The molecule has 3 atom stereocenters. The Labute approximate surface area is 162 Å². The molecule has 1 heterocycles. The van der Waals surface area contributed by atoms with Crippen LogP contribution in [0.15, 0.2) is 65.3 Å². The lowest BCUT2D eigenvalue weighted by Crippen LogP contribution is -2.41. The molecule has 0 N–H and O–H groups in total. The molecule has 0 radical (unpaired) electrons. The van der Waals surface area contributed by atoms with E-state index in [1.807, 2.05) is 42.5 Å². The molecule has 3 unspecified atom stereocenters. The number of allylic oxidation sites excluding steroid dienone is 1. The molecular formula is C22H21BrO3. The summed E-state index contributed by atoms with van der Waals surface area (Å²) in [5, 5.41) is 0. The number of ketones is 1. The number of hydrogen-bond acceptors (Lipinski definition) is 3. The van der Waals surface area contributed by atoms with Crippen LogP contribution >= 0.6 is 15.9 Å². The first-order valence-corrected chi connectivity index (χ1v) is 9.81. The third-order valence-electron chi connectivity index (χ3n) is 5.17. The molecule has 4 heteroatoms. The van der Waals surface area contributed by atoms with E-state index in [4.69, 9.17) is 9.47 Å². The van der Waals surface area contributed by atoms with Crippen LogP contribution in [0.5, 0.6) is 0 Å². The van der Waals surface area contributed by atoms with E-state index in [0.717, 1.165) is 34.9 Å². The van der Waals surface area contributed by atoms with E-state index in [2.05, 4.69) is 28.1 Å². The molecule has 0 aromatic heterocycles. The molecule has 2 aromatic carbocycles. The van der Waals surface area contributed by atoms with E-state index in [1.54, 1.807) is 6.26 Å². The summed E-state index contributed by atoms with van der Waals surface area (Å²) in [4.78, 5) is 12.9. The quantitative estimate of drug-likeness (QED) is 0.696. The summed E-state index contributed by atoms with van der Waals surface area (Å²) in [5.74, 6) is 0.152. The van der Waals surface area contributed by atoms with Gasteiger partial charge in [0.05, 0.1) is 30.5 Å². The Morgan fingerprint density at radius 3 is 2.73 bits per heavy atom. The van der Waals surface area contributed by atoms with Gasteiger partial charge in [-0.1, -0.05) is 58.4 Å². The van der Waals surface area contributed by atoms with Crippen molar-refractivity contribution in [3.63, 3.8) is 0 Å². The summed E-state index contributed by atoms with van der Waals surface area (Å²) >= 11 is 3.49. The Balaban J connectivity index is 1.39. The highest BCUT2D eigenvalue weighted by Crippen LogP contribution is 2.37. The number of ether oxygens (including phenoxy) is 2. The average molecular weight is 413 g/mol. The topological polar surface area (TPSA) is 35.5 Å². The second-order valence-corrected chi connectivity index (χ2v) is 7.83. The van der Waals surface area contributed by atoms with Gasteiger partial charge in [0, 0.05) is 10.9 Å². The van der Waals surface area contributed by atoms with Gasteiger partial charge >= 0.3 is 0 Å². The summed E-state index contributed by atoms with van der Waals surface area (Å²) in [5.41, 5.74) is 2.78. The van der Waals surface area contributed by atoms with Gasteiger partial charge in [0.1, 0.15) is 6.10 Å². The zero-order valence-electron chi connectivity index (χ0n) is 14.4. The molecule has 1 aliphatic heterocycles. The van der Waals surface area contributed by atoms with E-state index < -0.39 is 0 Å². The fourth-order valence-corrected chi connectivity index (χ4v) is 4.22. The third-order valence-corrected chi connectivity index (χ3v) is 5.66. The minimum atomic E-state index is -0.0729. The van der Waals surface area contributed by atoms with Crippen LogP contribution in [0, 0.1) is 5.92 Å². The number of benzene rings is 2. The van der Waals surface area contributed by atoms with Crippen molar-refractivity contribution in [2.24, 2.45) is 5.92 Å².